The summed E-state index contributed by atoms with van der Waals surface area (Å²) >= 11 is 3.47. The lowest BCUT2D eigenvalue weighted by molar-refractivity contribution is 0.453. The topological polar surface area (TPSA) is 80.7 Å². The smallest absolute Gasteiger partial charge is 0.344 e. The molecule has 0 aliphatic carbocycles. The number of aryl methyl sites for hydroxylation is 2. The Kier molecular flexibility index (Phi) is 5.56. The molecule has 35 heavy (non-hydrogen) atoms. The highest BCUT2D eigenvalue weighted by Crippen LogP contribution is 2.40. The summed E-state index contributed by atoms with van der Waals surface area (Å²) < 4.78 is 39.7. The lowest BCUT2D eigenvalue weighted by Gasteiger charge is -2.21. The Morgan fingerprint density at radius 1 is 0.800 bits per heavy atom. The van der Waals surface area contributed by atoms with Gasteiger partial charge < -0.3 is 13.9 Å². The maximum Gasteiger partial charge on any atom is 0.344 e. The van der Waals surface area contributed by atoms with Gasteiger partial charge in [-0.1, -0.05) is 28.1 Å². The summed E-state index contributed by atoms with van der Waals surface area (Å²) in [6.07, 6.45) is 0. The summed E-state index contributed by atoms with van der Waals surface area (Å²) in [7, 11) is 0. The fourth-order valence-corrected chi connectivity index (χ4v) is 4.76. The Labute approximate surface area is 205 Å². The van der Waals surface area contributed by atoms with E-state index >= 15 is 0 Å². The van der Waals surface area contributed by atoms with E-state index in [0.717, 1.165) is 17.7 Å². The van der Waals surface area contributed by atoms with Gasteiger partial charge in [0, 0.05) is 9.86 Å². The number of hydrogen-bond donors (Lipinski definition) is 1. The van der Waals surface area contributed by atoms with Crippen LogP contribution in [-0.4, -0.2) is 5.11 Å². The van der Waals surface area contributed by atoms with Gasteiger partial charge in [0.25, 0.3) is 0 Å². The zero-order valence-electron chi connectivity index (χ0n) is 18.5. The molecule has 0 spiro atoms. The van der Waals surface area contributed by atoms with Crippen LogP contribution >= 0.6 is 15.9 Å². The molecular formula is C27H17BrF2O5. The molecule has 0 bridgehead atoms. The molecule has 8 heteroatoms. The van der Waals surface area contributed by atoms with Gasteiger partial charge in [-0.3, -0.25) is 0 Å². The summed E-state index contributed by atoms with van der Waals surface area (Å²) in [4.78, 5) is 26.5. The van der Waals surface area contributed by atoms with E-state index in [1.54, 1.807) is 25.1 Å². The highest BCUT2D eigenvalue weighted by Gasteiger charge is 2.31. The molecule has 0 aliphatic rings. The zero-order valence-corrected chi connectivity index (χ0v) is 20.1. The Hall–Kier alpha value is -3.78. The van der Waals surface area contributed by atoms with Crippen LogP contribution < -0.4 is 11.3 Å². The normalized spacial score (nSPS) is 12.4. The van der Waals surface area contributed by atoms with Crippen molar-refractivity contribution in [3.05, 3.63) is 119 Å². The molecule has 0 amide bonds. The third kappa shape index (κ3) is 3.83. The standard InChI is InChI=1S/C27H17BrF2O5/c1-12-3-4-14(9-19(12)28)23(22-13(2)17-10-15(29)5-7-20(17)34-26(22)32)24-25(31)18-11-16(30)6-8-21(18)35-27(24)33/h3-11,23,31H,1-2H3. The minimum Gasteiger partial charge on any atom is -0.507 e. The molecule has 0 aliphatic heterocycles. The van der Waals surface area contributed by atoms with Crippen LogP contribution in [0.4, 0.5) is 8.78 Å². The second-order valence-electron chi connectivity index (χ2n) is 8.30. The van der Waals surface area contributed by atoms with E-state index < -0.39 is 34.6 Å². The van der Waals surface area contributed by atoms with Crippen molar-refractivity contribution in [2.24, 2.45) is 0 Å². The van der Waals surface area contributed by atoms with Crippen LogP contribution in [0.1, 0.15) is 33.7 Å². The number of benzene rings is 3. The van der Waals surface area contributed by atoms with Crippen LogP contribution in [-0.2, 0) is 0 Å². The van der Waals surface area contributed by atoms with Crippen molar-refractivity contribution in [3.8, 4) is 5.75 Å². The molecule has 5 aromatic rings. The predicted octanol–water partition coefficient (Wildman–Crippen LogP) is 6.44. The number of rotatable bonds is 3. The van der Waals surface area contributed by atoms with Crippen molar-refractivity contribution < 1.29 is 22.7 Å². The van der Waals surface area contributed by atoms with Gasteiger partial charge in [-0.25, -0.2) is 18.4 Å². The van der Waals surface area contributed by atoms with Crippen LogP contribution in [0, 0.1) is 25.5 Å². The molecule has 2 heterocycles. The molecule has 0 saturated heterocycles. The van der Waals surface area contributed by atoms with Crippen molar-refractivity contribution in [2.75, 3.05) is 0 Å². The lowest BCUT2D eigenvalue weighted by Crippen LogP contribution is -2.22. The maximum absolute atomic E-state index is 14.1. The van der Waals surface area contributed by atoms with E-state index in [0.29, 0.717) is 21.0 Å². The van der Waals surface area contributed by atoms with Crippen molar-refractivity contribution in [3.63, 3.8) is 0 Å². The molecule has 5 nitrogen and oxygen atoms in total. The third-order valence-corrected chi connectivity index (χ3v) is 7.01. The number of aromatic hydroxyl groups is 1. The Morgan fingerprint density at radius 2 is 1.37 bits per heavy atom. The molecule has 0 fully saturated rings. The Morgan fingerprint density at radius 3 is 2.00 bits per heavy atom. The first kappa shape index (κ1) is 23.0. The molecule has 2 aromatic heterocycles. The van der Waals surface area contributed by atoms with Crippen molar-refractivity contribution in [2.45, 2.75) is 19.8 Å². The van der Waals surface area contributed by atoms with Crippen LogP contribution in [0.3, 0.4) is 0 Å². The number of halogens is 3. The van der Waals surface area contributed by atoms with Gasteiger partial charge in [0.05, 0.1) is 22.4 Å². The van der Waals surface area contributed by atoms with Crippen LogP contribution in [0.25, 0.3) is 21.9 Å². The molecule has 5 rings (SSSR count). The number of hydrogen-bond acceptors (Lipinski definition) is 5. The summed E-state index contributed by atoms with van der Waals surface area (Å²) in [6.45, 7) is 3.48. The van der Waals surface area contributed by atoms with Gasteiger partial charge in [-0.15, -0.1) is 0 Å². The van der Waals surface area contributed by atoms with Crippen LogP contribution in [0.15, 0.2) is 77.5 Å². The molecule has 0 radical (unpaired) electrons. The minimum absolute atomic E-state index is 0.00849. The SMILES string of the molecule is Cc1ccc(C(c2c(C)c3cc(F)ccc3oc2=O)c2c(O)c3cc(F)ccc3oc2=O)cc1Br. The van der Waals surface area contributed by atoms with Crippen molar-refractivity contribution in [1.29, 1.82) is 0 Å². The second-order valence-corrected chi connectivity index (χ2v) is 9.16. The summed E-state index contributed by atoms with van der Waals surface area (Å²) in [5.74, 6) is -2.84. The first-order valence-electron chi connectivity index (χ1n) is 10.6. The van der Waals surface area contributed by atoms with Crippen LogP contribution in [0.5, 0.6) is 5.75 Å². The molecule has 1 unspecified atom stereocenters. The second kappa shape index (κ2) is 8.46. The molecular weight excluding hydrogens is 522 g/mol. The third-order valence-electron chi connectivity index (χ3n) is 6.15. The van der Waals surface area contributed by atoms with E-state index in [4.69, 9.17) is 8.83 Å². The average molecular weight is 539 g/mol. The first-order valence-corrected chi connectivity index (χ1v) is 11.4. The zero-order chi connectivity index (χ0) is 25.0. The monoisotopic (exact) mass is 538 g/mol. The van der Waals surface area contributed by atoms with Crippen molar-refractivity contribution in [1.82, 2.24) is 0 Å². The summed E-state index contributed by atoms with van der Waals surface area (Å²) in [6, 6.07) is 12.4. The fourth-order valence-electron chi connectivity index (χ4n) is 4.37. The van der Waals surface area contributed by atoms with Gasteiger partial charge in [-0.05, 0) is 73.0 Å². The van der Waals surface area contributed by atoms with Crippen LogP contribution in [0.2, 0.25) is 0 Å². The molecule has 3 aromatic carbocycles. The maximum atomic E-state index is 14.1. The average Bonchev–Trinajstić information content (AvgIpc) is 2.81. The van der Waals surface area contributed by atoms with Gasteiger partial charge in [0.1, 0.15) is 28.5 Å². The Bertz CT molecular complexity index is 1670. The highest BCUT2D eigenvalue weighted by atomic mass is 79.9. The highest BCUT2D eigenvalue weighted by molar-refractivity contribution is 9.10. The van der Waals surface area contributed by atoms with Gasteiger partial charge in [0.15, 0.2) is 0 Å². The van der Waals surface area contributed by atoms with E-state index in [-0.39, 0.29) is 27.7 Å². The molecule has 0 saturated carbocycles. The van der Waals surface area contributed by atoms with Crippen molar-refractivity contribution >= 4 is 37.9 Å². The quantitative estimate of drug-likeness (QED) is 0.267. The fraction of sp³-hybridized carbons (Fsp3) is 0.111. The van der Waals surface area contributed by atoms with E-state index in [1.165, 1.54) is 24.3 Å². The Balaban J connectivity index is 1.93. The van der Waals surface area contributed by atoms with Gasteiger partial charge >= 0.3 is 11.3 Å². The lowest BCUT2D eigenvalue weighted by atomic mass is 9.83. The summed E-state index contributed by atoms with van der Waals surface area (Å²) in [5.41, 5.74) is 0.00509. The first-order chi connectivity index (χ1) is 16.7. The van der Waals surface area contributed by atoms with E-state index in [2.05, 4.69) is 15.9 Å². The number of fused-ring (bicyclic) bond motifs is 2. The van der Waals surface area contributed by atoms with E-state index in [1.807, 2.05) is 6.92 Å². The van der Waals surface area contributed by atoms with Gasteiger partial charge in [-0.2, -0.15) is 0 Å². The molecule has 1 N–H and O–H groups in total. The minimum atomic E-state index is -1.15. The largest absolute Gasteiger partial charge is 0.507 e. The molecule has 176 valence electrons. The summed E-state index contributed by atoms with van der Waals surface area (Å²) in [5, 5.41) is 11.5. The van der Waals surface area contributed by atoms with E-state index in [9.17, 15) is 23.5 Å². The molecule has 1 atom stereocenters. The predicted molar refractivity (Wildman–Crippen MR) is 131 cm³/mol. The van der Waals surface area contributed by atoms with Gasteiger partial charge in [0.2, 0.25) is 0 Å².